The Morgan fingerprint density at radius 1 is 1.06 bits per heavy atom. The van der Waals surface area contributed by atoms with Gasteiger partial charge in [0.2, 0.25) is 0 Å². The zero-order chi connectivity index (χ0) is 11.7. The maximum absolute atomic E-state index is 12.3. The molecule has 17 heavy (non-hydrogen) atoms. The van der Waals surface area contributed by atoms with Crippen molar-refractivity contribution in [3.05, 3.63) is 40.9 Å². The molecule has 88 valence electrons. The van der Waals surface area contributed by atoms with Crippen LogP contribution in [0.3, 0.4) is 0 Å². The van der Waals surface area contributed by atoms with Crippen molar-refractivity contribution >= 4 is 10.9 Å². The molecule has 1 saturated heterocycles. The van der Waals surface area contributed by atoms with E-state index in [-0.39, 0.29) is 5.56 Å². The first-order valence-electron chi connectivity index (χ1n) is 6.08. The Bertz CT molecular complexity index is 584. The predicted octanol–water partition coefficient (Wildman–Crippen LogP) is 1.52. The van der Waals surface area contributed by atoms with Crippen molar-refractivity contribution in [2.75, 3.05) is 18.1 Å². The molecule has 1 aromatic carbocycles. The van der Waals surface area contributed by atoms with E-state index >= 15 is 0 Å². The van der Waals surface area contributed by atoms with E-state index in [9.17, 15) is 4.79 Å². The van der Waals surface area contributed by atoms with Gasteiger partial charge in [-0.05, 0) is 31.4 Å². The smallest absolute Gasteiger partial charge is 0.279 e. The molecular weight excluding hydrogens is 214 g/mol. The van der Waals surface area contributed by atoms with E-state index in [1.807, 2.05) is 24.3 Å². The third-order valence-electron chi connectivity index (χ3n) is 3.29. The number of aromatic nitrogens is 2. The maximum atomic E-state index is 12.3. The summed E-state index contributed by atoms with van der Waals surface area (Å²) in [7, 11) is 0. The summed E-state index contributed by atoms with van der Waals surface area (Å²) in [5, 5.41) is 2.78. The number of rotatable bonds is 1. The van der Waals surface area contributed by atoms with Crippen LogP contribution in [0.2, 0.25) is 0 Å². The quantitative estimate of drug-likeness (QED) is 0.744. The summed E-state index contributed by atoms with van der Waals surface area (Å²) in [5.74, 6) is 0. The van der Waals surface area contributed by atoms with Crippen LogP contribution in [0.15, 0.2) is 35.4 Å². The highest BCUT2D eigenvalue weighted by Gasteiger charge is 2.13. The van der Waals surface area contributed by atoms with Crippen molar-refractivity contribution in [2.45, 2.75) is 19.3 Å². The van der Waals surface area contributed by atoms with E-state index in [0.717, 1.165) is 31.4 Å². The van der Waals surface area contributed by atoms with Crippen LogP contribution in [0.1, 0.15) is 19.3 Å². The first kappa shape index (κ1) is 10.3. The van der Waals surface area contributed by atoms with Gasteiger partial charge in [-0.2, -0.15) is 0 Å². The first-order valence-corrected chi connectivity index (χ1v) is 6.08. The normalized spacial score (nSPS) is 16.4. The number of hydrogen-bond donors (Lipinski definition) is 0. The second kappa shape index (κ2) is 4.20. The van der Waals surface area contributed by atoms with Crippen LogP contribution in [0.4, 0.5) is 0 Å². The van der Waals surface area contributed by atoms with Crippen molar-refractivity contribution < 1.29 is 0 Å². The fraction of sp³-hybridized carbons (Fsp3) is 0.385. The van der Waals surface area contributed by atoms with E-state index in [1.54, 1.807) is 11.0 Å². The highest BCUT2D eigenvalue weighted by Crippen LogP contribution is 2.09. The van der Waals surface area contributed by atoms with Gasteiger partial charge in [-0.15, -0.1) is 0 Å². The van der Waals surface area contributed by atoms with Crippen LogP contribution < -0.4 is 10.6 Å². The fourth-order valence-corrected chi connectivity index (χ4v) is 2.35. The van der Waals surface area contributed by atoms with Crippen LogP contribution in [0.25, 0.3) is 10.9 Å². The van der Waals surface area contributed by atoms with Gasteiger partial charge in [0.1, 0.15) is 6.33 Å². The molecule has 0 saturated carbocycles. The monoisotopic (exact) mass is 229 g/mol. The van der Waals surface area contributed by atoms with Gasteiger partial charge in [-0.25, -0.2) is 9.66 Å². The van der Waals surface area contributed by atoms with E-state index in [2.05, 4.69) is 9.99 Å². The first-order chi connectivity index (χ1) is 8.36. The summed E-state index contributed by atoms with van der Waals surface area (Å²) in [6.45, 7) is 1.89. The summed E-state index contributed by atoms with van der Waals surface area (Å²) in [5.41, 5.74) is 0.809. The minimum Gasteiger partial charge on any atom is -0.309 e. The third-order valence-corrected chi connectivity index (χ3v) is 3.29. The Morgan fingerprint density at radius 3 is 2.65 bits per heavy atom. The molecule has 0 atom stereocenters. The van der Waals surface area contributed by atoms with Gasteiger partial charge in [-0.3, -0.25) is 4.79 Å². The largest absolute Gasteiger partial charge is 0.309 e. The molecule has 2 aromatic rings. The highest BCUT2D eigenvalue weighted by molar-refractivity contribution is 5.76. The summed E-state index contributed by atoms with van der Waals surface area (Å²) in [6, 6.07) is 7.49. The molecule has 0 spiro atoms. The Balaban J connectivity index is 2.11. The molecule has 0 amide bonds. The van der Waals surface area contributed by atoms with Crippen molar-refractivity contribution in [3.63, 3.8) is 0 Å². The lowest BCUT2D eigenvalue weighted by Gasteiger charge is -2.29. The van der Waals surface area contributed by atoms with Gasteiger partial charge >= 0.3 is 0 Å². The van der Waals surface area contributed by atoms with Gasteiger partial charge in [0.15, 0.2) is 0 Å². The molecular formula is C13H15N3O. The van der Waals surface area contributed by atoms with Crippen LogP contribution >= 0.6 is 0 Å². The average molecular weight is 229 g/mol. The molecule has 0 N–H and O–H groups in total. The lowest BCUT2D eigenvalue weighted by molar-refractivity contribution is 0.468. The molecule has 3 rings (SSSR count). The molecule has 2 heterocycles. The topological polar surface area (TPSA) is 38.1 Å². The minimum absolute atomic E-state index is 0.0394. The van der Waals surface area contributed by atoms with E-state index in [1.165, 1.54) is 6.42 Å². The Kier molecular flexibility index (Phi) is 2.55. The lowest BCUT2D eigenvalue weighted by atomic mass is 10.2. The van der Waals surface area contributed by atoms with E-state index in [0.29, 0.717) is 5.39 Å². The fourth-order valence-electron chi connectivity index (χ4n) is 2.35. The molecule has 1 fully saturated rings. The standard InChI is InChI=1S/C13H15N3O/c17-13-11-6-2-3-7-12(11)14-10-16(13)15-8-4-1-5-9-15/h2-3,6-7,10H,1,4-5,8-9H2. The molecule has 0 bridgehead atoms. The SMILES string of the molecule is O=c1c2ccccc2ncn1N1CCCCC1. The second-order valence-electron chi connectivity index (χ2n) is 4.43. The zero-order valence-corrected chi connectivity index (χ0v) is 9.67. The van der Waals surface area contributed by atoms with Crippen molar-refractivity contribution in [1.29, 1.82) is 0 Å². The highest BCUT2D eigenvalue weighted by atomic mass is 16.1. The molecule has 4 heteroatoms. The summed E-state index contributed by atoms with van der Waals surface area (Å²) in [4.78, 5) is 16.6. The van der Waals surface area contributed by atoms with Crippen molar-refractivity contribution in [2.24, 2.45) is 0 Å². The average Bonchev–Trinajstić information content (AvgIpc) is 2.40. The van der Waals surface area contributed by atoms with Crippen LogP contribution in [-0.4, -0.2) is 22.7 Å². The molecule has 1 aliphatic heterocycles. The minimum atomic E-state index is 0.0394. The maximum Gasteiger partial charge on any atom is 0.279 e. The predicted molar refractivity (Wildman–Crippen MR) is 67.8 cm³/mol. The van der Waals surface area contributed by atoms with Gasteiger partial charge in [-0.1, -0.05) is 12.1 Å². The number of hydrogen-bond acceptors (Lipinski definition) is 3. The Morgan fingerprint density at radius 2 is 1.82 bits per heavy atom. The molecule has 1 aromatic heterocycles. The number of fused-ring (bicyclic) bond motifs is 1. The van der Waals surface area contributed by atoms with Crippen molar-refractivity contribution in [3.8, 4) is 0 Å². The third kappa shape index (κ3) is 1.79. The Hall–Kier alpha value is -1.84. The molecule has 0 unspecified atom stereocenters. The number of benzene rings is 1. The zero-order valence-electron chi connectivity index (χ0n) is 9.67. The van der Waals surface area contributed by atoms with Crippen LogP contribution in [0.5, 0.6) is 0 Å². The Labute approximate surface area is 99.5 Å². The summed E-state index contributed by atoms with van der Waals surface area (Å²) < 4.78 is 1.67. The molecule has 1 aliphatic rings. The van der Waals surface area contributed by atoms with E-state index in [4.69, 9.17) is 0 Å². The van der Waals surface area contributed by atoms with Gasteiger partial charge in [0.05, 0.1) is 10.9 Å². The van der Waals surface area contributed by atoms with Crippen molar-refractivity contribution in [1.82, 2.24) is 9.66 Å². The van der Waals surface area contributed by atoms with E-state index < -0.39 is 0 Å². The van der Waals surface area contributed by atoms with Gasteiger partial charge < -0.3 is 5.01 Å². The summed E-state index contributed by atoms with van der Waals surface area (Å²) in [6.07, 6.45) is 5.21. The molecule has 0 aliphatic carbocycles. The van der Waals surface area contributed by atoms with Gasteiger partial charge in [0, 0.05) is 13.1 Å². The number of nitrogens with zero attached hydrogens (tertiary/aromatic N) is 3. The lowest BCUT2D eigenvalue weighted by Crippen LogP contribution is -2.45. The second-order valence-corrected chi connectivity index (χ2v) is 4.43. The molecule has 4 nitrogen and oxygen atoms in total. The number of para-hydroxylation sites is 1. The number of piperidine rings is 1. The van der Waals surface area contributed by atoms with Gasteiger partial charge in [0.25, 0.3) is 5.56 Å². The molecule has 0 radical (unpaired) electrons. The summed E-state index contributed by atoms with van der Waals surface area (Å²) >= 11 is 0. The van der Waals surface area contributed by atoms with Crippen LogP contribution in [0, 0.1) is 0 Å². The van der Waals surface area contributed by atoms with Crippen LogP contribution in [-0.2, 0) is 0 Å².